The van der Waals surface area contributed by atoms with Crippen molar-refractivity contribution in [1.29, 1.82) is 0 Å². The van der Waals surface area contributed by atoms with Gasteiger partial charge in [0.05, 0.1) is 24.2 Å². The summed E-state index contributed by atoms with van der Waals surface area (Å²) in [6.07, 6.45) is 2.79. The highest BCUT2D eigenvalue weighted by Crippen LogP contribution is 2.39. The molecule has 0 spiro atoms. The predicted octanol–water partition coefficient (Wildman–Crippen LogP) is 1.60. The maximum atomic E-state index is 15.6. The number of aromatic hydroxyl groups is 1. The Morgan fingerprint density at radius 2 is 1.75 bits per heavy atom. The SMILES string of the molecule is Cn1c(=O)n(C2CCC(=O)NC2=O)c2ccc(C3CCN(C(=O)CN4CC[C@@H](COc5ccc6cc(O)c(N7CC(=O)NS7(=O)=O)c(F)c6c5)C4)CC3)cc21. The molecule has 1 unspecified atom stereocenters. The highest BCUT2D eigenvalue weighted by molar-refractivity contribution is 7.92. The Morgan fingerprint density at radius 1 is 0.964 bits per heavy atom. The van der Waals surface area contributed by atoms with Crippen molar-refractivity contribution in [3.05, 3.63) is 64.3 Å². The second kappa shape index (κ2) is 14.0. The summed E-state index contributed by atoms with van der Waals surface area (Å²) < 4.78 is 51.6. The molecule has 1 aromatic heterocycles. The summed E-state index contributed by atoms with van der Waals surface area (Å²) in [5.74, 6) is -2.52. The number of amides is 4. The third kappa shape index (κ3) is 6.77. The Kier molecular flexibility index (Phi) is 9.27. The third-order valence-electron chi connectivity index (χ3n) is 11.2. The van der Waals surface area contributed by atoms with E-state index in [2.05, 4.69) is 10.2 Å². The first kappa shape index (κ1) is 36.5. The van der Waals surface area contributed by atoms with Crippen LogP contribution in [0, 0.1) is 11.7 Å². The molecule has 5 heterocycles. The second-order valence-electron chi connectivity index (χ2n) is 14.8. The standard InChI is InChI=1S/C37H40FN7O9S/c1-41-29-14-23(3-5-27(29)45(37(41)51)28-6-7-31(47)39-36(28)50)22-9-12-43(13-10-22)33(49)19-42-11-8-21(17-42)20-54-25-4-2-24-15-30(46)35(34(38)26(24)16-25)44-18-32(48)40-55(44,52)53/h2-5,14-16,21-22,28,46H,6-13,17-20H2,1H3,(H,40,48)(H,39,47,50)/t21-,28?/m1/s1. The Hall–Kier alpha value is -5.49. The molecule has 0 aliphatic carbocycles. The summed E-state index contributed by atoms with van der Waals surface area (Å²) in [7, 11) is -2.66. The molecule has 4 amide bonds. The summed E-state index contributed by atoms with van der Waals surface area (Å²) in [6, 6.07) is 11.0. The first-order valence-electron chi connectivity index (χ1n) is 18.2. The molecule has 4 fully saturated rings. The van der Waals surface area contributed by atoms with Crippen molar-refractivity contribution in [3.8, 4) is 11.5 Å². The number of imide groups is 1. The van der Waals surface area contributed by atoms with Crippen molar-refractivity contribution >= 4 is 61.3 Å². The maximum Gasteiger partial charge on any atom is 0.329 e. The Balaban J connectivity index is 0.846. The molecule has 4 aliphatic heterocycles. The second-order valence-corrected chi connectivity index (χ2v) is 16.4. The van der Waals surface area contributed by atoms with Crippen molar-refractivity contribution in [2.45, 2.75) is 44.1 Å². The number of fused-ring (bicyclic) bond motifs is 2. The van der Waals surface area contributed by atoms with Gasteiger partial charge >= 0.3 is 15.9 Å². The number of benzene rings is 3. The average Bonchev–Trinajstić information content (AvgIpc) is 3.79. The van der Waals surface area contributed by atoms with Crippen LogP contribution in [-0.4, -0.2) is 102 Å². The number of carbonyl (C=O) groups excluding carboxylic acids is 4. The van der Waals surface area contributed by atoms with Crippen LogP contribution >= 0.6 is 0 Å². The van der Waals surface area contributed by atoms with Gasteiger partial charge in [-0.05, 0) is 79.4 Å². The average molecular weight is 778 g/mol. The number of ether oxygens (including phenoxy) is 1. The number of hydrogen-bond donors (Lipinski definition) is 3. The molecular weight excluding hydrogens is 738 g/mol. The van der Waals surface area contributed by atoms with Crippen LogP contribution < -0.4 is 24.8 Å². The molecule has 3 aromatic carbocycles. The zero-order chi connectivity index (χ0) is 38.8. The van der Waals surface area contributed by atoms with E-state index in [9.17, 15) is 37.5 Å². The lowest BCUT2D eigenvalue weighted by atomic mass is 9.89. The molecule has 0 saturated carbocycles. The molecular formula is C37H40FN7O9S. The lowest BCUT2D eigenvalue weighted by Crippen LogP contribution is -2.44. The minimum absolute atomic E-state index is 0.0253. The van der Waals surface area contributed by atoms with E-state index in [0.29, 0.717) is 52.7 Å². The van der Waals surface area contributed by atoms with Crippen molar-refractivity contribution in [1.82, 2.24) is 29.0 Å². The van der Waals surface area contributed by atoms with Gasteiger partial charge in [-0.3, -0.25) is 38.5 Å². The molecule has 290 valence electrons. The van der Waals surface area contributed by atoms with Gasteiger partial charge < -0.3 is 14.7 Å². The van der Waals surface area contributed by atoms with E-state index >= 15 is 4.39 Å². The first-order valence-corrected chi connectivity index (χ1v) is 19.7. The molecule has 0 radical (unpaired) electrons. The first-order chi connectivity index (χ1) is 26.3. The largest absolute Gasteiger partial charge is 0.506 e. The number of halogens is 1. The quantitative estimate of drug-likeness (QED) is 0.222. The van der Waals surface area contributed by atoms with Gasteiger partial charge in [0.1, 0.15) is 29.8 Å². The van der Waals surface area contributed by atoms with Gasteiger partial charge in [-0.2, -0.15) is 8.42 Å². The van der Waals surface area contributed by atoms with Crippen LogP contribution in [0.5, 0.6) is 11.5 Å². The molecule has 16 nitrogen and oxygen atoms in total. The molecule has 18 heteroatoms. The summed E-state index contributed by atoms with van der Waals surface area (Å²) >= 11 is 0. The molecule has 4 saturated heterocycles. The van der Waals surface area contributed by atoms with Crippen LogP contribution in [0.25, 0.3) is 21.8 Å². The fraction of sp³-hybridized carbons (Fsp3) is 0.432. The fourth-order valence-corrected chi connectivity index (χ4v) is 9.47. The van der Waals surface area contributed by atoms with E-state index < -0.39 is 51.9 Å². The summed E-state index contributed by atoms with van der Waals surface area (Å²) in [4.78, 5) is 66.4. The molecule has 0 bridgehead atoms. The van der Waals surface area contributed by atoms with E-state index in [-0.39, 0.29) is 54.1 Å². The number of carbonyl (C=O) groups is 4. The highest BCUT2D eigenvalue weighted by atomic mass is 32.2. The smallest absolute Gasteiger partial charge is 0.329 e. The molecule has 8 rings (SSSR count). The number of phenols is 1. The van der Waals surface area contributed by atoms with Gasteiger partial charge in [-0.1, -0.05) is 12.1 Å². The zero-order valence-electron chi connectivity index (χ0n) is 30.0. The van der Waals surface area contributed by atoms with Crippen molar-refractivity contribution in [2.24, 2.45) is 13.0 Å². The fourth-order valence-electron chi connectivity index (χ4n) is 8.30. The van der Waals surface area contributed by atoms with Gasteiger partial charge in [0.25, 0.3) is 5.91 Å². The minimum atomic E-state index is -4.34. The van der Waals surface area contributed by atoms with Gasteiger partial charge in [-0.25, -0.2) is 18.2 Å². The van der Waals surface area contributed by atoms with Gasteiger partial charge in [0.2, 0.25) is 17.7 Å². The number of hydrogen-bond acceptors (Lipinski definition) is 10. The maximum absolute atomic E-state index is 15.6. The number of piperidine rings is 2. The van der Waals surface area contributed by atoms with E-state index in [1.54, 1.807) is 23.9 Å². The normalized spacial score (nSPS) is 22.1. The van der Waals surface area contributed by atoms with Crippen LogP contribution in [0.15, 0.2) is 47.3 Å². The van der Waals surface area contributed by atoms with E-state index in [1.807, 2.05) is 23.1 Å². The van der Waals surface area contributed by atoms with Crippen molar-refractivity contribution in [3.63, 3.8) is 0 Å². The van der Waals surface area contributed by atoms with Crippen molar-refractivity contribution < 1.29 is 41.8 Å². The van der Waals surface area contributed by atoms with Crippen molar-refractivity contribution in [2.75, 3.05) is 50.2 Å². The Bertz CT molecular complexity index is 2440. The number of likely N-dealkylation sites (tertiary alicyclic amines) is 2. The Morgan fingerprint density at radius 3 is 2.47 bits per heavy atom. The topological polar surface area (TPSA) is 193 Å². The number of imidazole rings is 1. The number of nitrogens with one attached hydrogen (secondary N) is 2. The van der Waals surface area contributed by atoms with Crippen LogP contribution in [0.1, 0.15) is 49.6 Å². The molecule has 2 atom stereocenters. The van der Waals surface area contributed by atoms with Crippen LogP contribution in [0.2, 0.25) is 0 Å². The predicted molar refractivity (Wildman–Crippen MR) is 197 cm³/mol. The van der Waals surface area contributed by atoms with E-state index in [4.69, 9.17) is 4.74 Å². The summed E-state index contributed by atoms with van der Waals surface area (Å²) in [6.45, 7) is 2.53. The molecule has 4 aliphatic rings. The lowest BCUT2D eigenvalue weighted by Gasteiger charge is -2.33. The number of aromatic nitrogens is 2. The number of aryl methyl sites for hydroxylation is 1. The molecule has 55 heavy (non-hydrogen) atoms. The highest BCUT2D eigenvalue weighted by Gasteiger charge is 2.38. The monoisotopic (exact) mass is 777 g/mol. The van der Waals surface area contributed by atoms with Gasteiger partial charge in [-0.15, -0.1) is 0 Å². The summed E-state index contributed by atoms with van der Waals surface area (Å²) in [5, 5.41) is 13.1. The Labute approximate surface area is 314 Å². The van der Waals surface area contributed by atoms with Crippen LogP contribution in [0.3, 0.4) is 0 Å². The van der Waals surface area contributed by atoms with E-state index in [0.717, 1.165) is 31.4 Å². The third-order valence-corrected chi connectivity index (χ3v) is 12.6. The number of anilines is 1. The number of phenolic OH excluding ortho intramolecular Hbond substituents is 1. The van der Waals surface area contributed by atoms with Gasteiger partial charge in [0, 0.05) is 44.4 Å². The molecule has 4 aromatic rings. The van der Waals surface area contributed by atoms with Crippen LogP contribution in [-0.2, 0) is 36.4 Å². The summed E-state index contributed by atoms with van der Waals surface area (Å²) in [5.41, 5.74) is 1.50. The lowest BCUT2D eigenvalue weighted by molar-refractivity contribution is -0.136. The van der Waals surface area contributed by atoms with Gasteiger partial charge in [0.15, 0.2) is 5.82 Å². The number of nitrogens with zero attached hydrogens (tertiary/aromatic N) is 5. The zero-order valence-corrected chi connectivity index (χ0v) is 30.8. The van der Waals surface area contributed by atoms with Crippen LogP contribution in [0.4, 0.5) is 10.1 Å². The molecule has 3 N–H and O–H groups in total. The minimum Gasteiger partial charge on any atom is -0.506 e. The number of rotatable bonds is 8. The van der Waals surface area contributed by atoms with E-state index in [1.165, 1.54) is 21.3 Å².